The van der Waals surface area contributed by atoms with Crippen LogP contribution in [-0.2, 0) is 11.3 Å². The monoisotopic (exact) mass is 297 g/mol. The number of hydrogen-bond donors (Lipinski definition) is 1. The van der Waals surface area contributed by atoms with Crippen LogP contribution < -0.4 is 5.32 Å². The Morgan fingerprint density at radius 1 is 1.50 bits per heavy atom. The third-order valence-electron chi connectivity index (χ3n) is 3.53. The fourth-order valence-electron chi connectivity index (χ4n) is 2.59. The van der Waals surface area contributed by atoms with Crippen molar-refractivity contribution < 1.29 is 9.59 Å². The van der Waals surface area contributed by atoms with Crippen LogP contribution in [-0.4, -0.2) is 40.4 Å². The van der Waals surface area contributed by atoms with E-state index in [0.717, 1.165) is 13.0 Å². The van der Waals surface area contributed by atoms with Crippen LogP contribution in [0.25, 0.3) is 0 Å². The molecule has 2 heterocycles. The van der Waals surface area contributed by atoms with Crippen molar-refractivity contribution in [2.75, 3.05) is 13.1 Å². The minimum atomic E-state index is -0.389. The summed E-state index contributed by atoms with van der Waals surface area (Å²) >= 11 is 6.01. The molecule has 1 saturated heterocycles. The van der Waals surface area contributed by atoms with E-state index >= 15 is 0 Å². The molecule has 110 valence electrons. The molecular weight excluding hydrogens is 278 g/mol. The number of nitrogens with zero attached hydrogens (tertiary/aromatic N) is 2. The van der Waals surface area contributed by atoms with Gasteiger partial charge in [0, 0.05) is 25.8 Å². The molecule has 0 aliphatic carbocycles. The van der Waals surface area contributed by atoms with Crippen LogP contribution in [0, 0.1) is 0 Å². The lowest BCUT2D eigenvalue weighted by Crippen LogP contribution is -2.57. The van der Waals surface area contributed by atoms with E-state index in [1.54, 1.807) is 17.2 Å². The van der Waals surface area contributed by atoms with Crippen LogP contribution in [0.4, 0.5) is 0 Å². The third-order valence-corrected chi connectivity index (χ3v) is 3.73. The predicted octanol–water partition coefficient (Wildman–Crippen LogP) is 1.90. The second-order valence-electron chi connectivity index (χ2n) is 4.95. The Bertz CT molecular complexity index is 513. The number of rotatable bonds is 4. The molecule has 0 aromatic carbocycles. The Kier molecular flexibility index (Phi) is 4.70. The zero-order chi connectivity index (χ0) is 14.7. The first-order valence-electron chi connectivity index (χ1n) is 7.02. The summed E-state index contributed by atoms with van der Waals surface area (Å²) in [5.74, 6) is -0.196. The van der Waals surface area contributed by atoms with Gasteiger partial charge in [0.1, 0.15) is 11.7 Å². The van der Waals surface area contributed by atoms with Gasteiger partial charge in [-0.3, -0.25) is 9.59 Å². The van der Waals surface area contributed by atoms with Gasteiger partial charge in [-0.05, 0) is 18.9 Å². The Balaban J connectivity index is 2.27. The predicted molar refractivity (Wildman–Crippen MR) is 77.9 cm³/mol. The van der Waals surface area contributed by atoms with Crippen molar-refractivity contribution >= 4 is 23.4 Å². The summed E-state index contributed by atoms with van der Waals surface area (Å²) in [4.78, 5) is 26.2. The van der Waals surface area contributed by atoms with Crippen LogP contribution >= 0.6 is 11.6 Å². The zero-order valence-electron chi connectivity index (χ0n) is 11.9. The summed E-state index contributed by atoms with van der Waals surface area (Å²) in [6.45, 7) is 5.74. The summed E-state index contributed by atoms with van der Waals surface area (Å²) in [5.41, 5.74) is 0.560. The van der Waals surface area contributed by atoms with Crippen molar-refractivity contribution in [3.63, 3.8) is 0 Å². The maximum atomic E-state index is 12.7. The average Bonchev–Trinajstić information content (AvgIpc) is 2.79. The van der Waals surface area contributed by atoms with Crippen molar-refractivity contribution in [2.45, 2.75) is 39.3 Å². The van der Waals surface area contributed by atoms with E-state index in [2.05, 4.69) is 5.32 Å². The van der Waals surface area contributed by atoms with Gasteiger partial charge >= 0.3 is 0 Å². The quantitative estimate of drug-likeness (QED) is 0.923. The second kappa shape index (κ2) is 6.31. The van der Waals surface area contributed by atoms with E-state index in [-0.39, 0.29) is 17.9 Å². The third kappa shape index (κ3) is 2.82. The average molecular weight is 298 g/mol. The second-order valence-corrected chi connectivity index (χ2v) is 5.39. The number of aryl methyl sites for hydroxylation is 1. The number of carbonyl (C=O) groups excluding carboxylic acids is 2. The molecule has 6 heteroatoms. The summed E-state index contributed by atoms with van der Waals surface area (Å²) in [6, 6.07) is 1.29. The first kappa shape index (κ1) is 14.9. The fraction of sp³-hybridized carbons (Fsp3) is 0.571. The Labute approximate surface area is 123 Å². The number of aromatic nitrogens is 1. The van der Waals surface area contributed by atoms with Crippen molar-refractivity contribution in [3.05, 3.63) is 23.0 Å². The van der Waals surface area contributed by atoms with E-state index in [1.807, 2.05) is 18.4 Å². The molecule has 1 aliphatic rings. The maximum Gasteiger partial charge on any atom is 0.271 e. The molecule has 0 bridgehead atoms. The molecule has 2 amide bonds. The molecule has 1 aromatic heterocycles. The van der Waals surface area contributed by atoms with Crippen LogP contribution in [0.2, 0.25) is 5.02 Å². The Morgan fingerprint density at radius 2 is 2.25 bits per heavy atom. The molecule has 1 N–H and O–H groups in total. The largest absolute Gasteiger partial charge is 0.353 e. The molecule has 1 aromatic rings. The van der Waals surface area contributed by atoms with Gasteiger partial charge in [0.2, 0.25) is 5.91 Å². The zero-order valence-corrected chi connectivity index (χ0v) is 12.6. The molecule has 20 heavy (non-hydrogen) atoms. The molecule has 2 rings (SSSR count). The standard InChI is InChI=1S/C14H20ClN3O2/c1-3-6-17-9-10(15)8-12(17)14(20)18-7-5-16-13(19)11(18)4-2/h8-9,11H,3-7H2,1-2H3,(H,16,19). The van der Waals surface area contributed by atoms with E-state index in [1.165, 1.54) is 0 Å². The van der Waals surface area contributed by atoms with E-state index in [9.17, 15) is 9.59 Å². The highest BCUT2D eigenvalue weighted by Gasteiger charge is 2.33. The Morgan fingerprint density at radius 3 is 2.90 bits per heavy atom. The van der Waals surface area contributed by atoms with E-state index in [4.69, 9.17) is 11.6 Å². The lowest BCUT2D eigenvalue weighted by Gasteiger charge is -2.34. The summed E-state index contributed by atoms with van der Waals surface area (Å²) < 4.78 is 1.86. The van der Waals surface area contributed by atoms with Gasteiger partial charge in [-0.25, -0.2) is 0 Å². The number of amides is 2. The number of carbonyl (C=O) groups is 2. The maximum absolute atomic E-state index is 12.7. The number of piperazine rings is 1. The SMILES string of the molecule is CCCn1cc(Cl)cc1C(=O)N1CCNC(=O)C1CC. The first-order chi connectivity index (χ1) is 9.58. The van der Waals surface area contributed by atoms with Crippen LogP contribution in [0.15, 0.2) is 12.3 Å². The summed E-state index contributed by atoms with van der Waals surface area (Å²) in [7, 11) is 0. The van der Waals surface area contributed by atoms with Gasteiger partial charge in [-0.2, -0.15) is 0 Å². The molecule has 1 aliphatic heterocycles. The van der Waals surface area contributed by atoms with Gasteiger partial charge in [-0.15, -0.1) is 0 Å². The van der Waals surface area contributed by atoms with Crippen molar-refractivity contribution in [3.8, 4) is 0 Å². The van der Waals surface area contributed by atoms with Gasteiger partial charge in [0.05, 0.1) is 5.02 Å². The van der Waals surface area contributed by atoms with Crippen LogP contribution in [0.1, 0.15) is 37.2 Å². The molecule has 0 saturated carbocycles. The van der Waals surface area contributed by atoms with Crippen LogP contribution in [0.5, 0.6) is 0 Å². The first-order valence-corrected chi connectivity index (χ1v) is 7.40. The lowest BCUT2D eigenvalue weighted by molar-refractivity contribution is -0.127. The highest BCUT2D eigenvalue weighted by Crippen LogP contribution is 2.19. The summed E-state index contributed by atoms with van der Waals surface area (Å²) in [5, 5.41) is 3.35. The topological polar surface area (TPSA) is 54.3 Å². The van der Waals surface area contributed by atoms with Gasteiger partial charge < -0.3 is 14.8 Å². The Hall–Kier alpha value is -1.49. The minimum Gasteiger partial charge on any atom is -0.353 e. The van der Waals surface area contributed by atoms with Crippen molar-refractivity contribution in [1.29, 1.82) is 0 Å². The van der Waals surface area contributed by atoms with E-state index in [0.29, 0.717) is 30.2 Å². The summed E-state index contributed by atoms with van der Waals surface area (Å²) in [6.07, 6.45) is 3.30. The molecule has 1 atom stereocenters. The molecule has 1 fully saturated rings. The smallest absolute Gasteiger partial charge is 0.271 e. The van der Waals surface area contributed by atoms with Crippen molar-refractivity contribution in [1.82, 2.24) is 14.8 Å². The number of hydrogen-bond acceptors (Lipinski definition) is 2. The number of nitrogens with one attached hydrogen (secondary N) is 1. The molecule has 0 spiro atoms. The molecular formula is C14H20ClN3O2. The highest BCUT2D eigenvalue weighted by molar-refractivity contribution is 6.31. The molecule has 0 radical (unpaired) electrons. The highest BCUT2D eigenvalue weighted by atomic mass is 35.5. The lowest BCUT2D eigenvalue weighted by atomic mass is 10.1. The van der Waals surface area contributed by atoms with Gasteiger partial charge in [0.15, 0.2) is 0 Å². The molecule has 1 unspecified atom stereocenters. The molecule has 5 nitrogen and oxygen atoms in total. The van der Waals surface area contributed by atoms with Gasteiger partial charge in [-0.1, -0.05) is 25.4 Å². The minimum absolute atomic E-state index is 0.0770. The fourth-order valence-corrected chi connectivity index (χ4v) is 2.81. The normalized spacial score (nSPS) is 19.1. The number of halogens is 1. The van der Waals surface area contributed by atoms with Gasteiger partial charge in [0.25, 0.3) is 5.91 Å². The van der Waals surface area contributed by atoms with Crippen molar-refractivity contribution in [2.24, 2.45) is 0 Å². The van der Waals surface area contributed by atoms with E-state index < -0.39 is 0 Å². The van der Waals surface area contributed by atoms with Crippen LogP contribution in [0.3, 0.4) is 0 Å².